The summed E-state index contributed by atoms with van der Waals surface area (Å²) in [5.41, 5.74) is 1.77. The van der Waals surface area contributed by atoms with E-state index in [1.165, 1.54) is 12.1 Å². The van der Waals surface area contributed by atoms with Crippen molar-refractivity contribution in [3.05, 3.63) is 51.7 Å². The molecule has 20 heavy (non-hydrogen) atoms. The highest BCUT2D eigenvalue weighted by atomic mass is 32.1. The molecule has 2 rings (SSSR count). The van der Waals surface area contributed by atoms with E-state index >= 15 is 0 Å². The molecule has 0 aliphatic rings. The summed E-state index contributed by atoms with van der Waals surface area (Å²) in [5, 5.41) is 13.9. The third-order valence-corrected chi connectivity index (χ3v) is 3.70. The molecule has 0 saturated heterocycles. The normalized spacial score (nSPS) is 12.3. The maximum absolute atomic E-state index is 12.8. The summed E-state index contributed by atoms with van der Waals surface area (Å²) in [4.78, 5) is 14.7. The molecule has 2 aromatic rings. The Labute approximate surface area is 120 Å². The first-order valence-electron chi connectivity index (χ1n) is 6.20. The van der Waals surface area contributed by atoms with E-state index in [1.807, 2.05) is 6.92 Å². The molecule has 6 heteroatoms. The van der Waals surface area contributed by atoms with Gasteiger partial charge in [0.2, 0.25) is 5.01 Å². The van der Waals surface area contributed by atoms with Gasteiger partial charge in [-0.25, -0.2) is 14.2 Å². The van der Waals surface area contributed by atoms with Crippen LogP contribution in [0.2, 0.25) is 0 Å². The average molecular weight is 294 g/mol. The van der Waals surface area contributed by atoms with Crippen molar-refractivity contribution in [2.75, 3.05) is 0 Å². The Balaban J connectivity index is 1.83. The number of aromatic carboxylic acids is 1. The van der Waals surface area contributed by atoms with Crippen LogP contribution in [0, 0.1) is 5.82 Å². The van der Waals surface area contributed by atoms with Gasteiger partial charge in [0.25, 0.3) is 0 Å². The molecule has 4 nitrogen and oxygen atoms in total. The lowest BCUT2D eigenvalue weighted by molar-refractivity contribution is 0.0696. The number of benzene rings is 1. The highest BCUT2D eigenvalue weighted by Crippen LogP contribution is 2.10. The lowest BCUT2D eigenvalue weighted by atomic mass is 10.1. The van der Waals surface area contributed by atoms with Crippen LogP contribution in [0.3, 0.4) is 0 Å². The number of aromatic nitrogens is 1. The van der Waals surface area contributed by atoms with Crippen molar-refractivity contribution in [2.24, 2.45) is 0 Å². The topological polar surface area (TPSA) is 62.2 Å². The molecular weight excluding hydrogens is 279 g/mol. The SMILES string of the molecule is CC(Cc1ccc(F)cc1)NCc1csc(C(=O)O)n1. The minimum atomic E-state index is -0.999. The number of hydrogen-bond acceptors (Lipinski definition) is 4. The zero-order chi connectivity index (χ0) is 14.5. The Bertz CT molecular complexity index is 583. The molecule has 0 saturated carbocycles. The molecular formula is C14H15FN2O2S. The van der Waals surface area contributed by atoms with Gasteiger partial charge in [0.15, 0.2) is 0 Å². The van der Waals surface area contributed by atoms with Crippen molar-refractivity contribution < 1.29 is 14.3 Å². The maximum Gasteiger partial charge on any atom is 0.365 e. The number of nitrogens with zero attached hydrogens (tertiary/aromatic N) is 1. The number of rotatable bonds is 6. The van der Waals surface area contributed by atoms with Gasteiger partial charge in [0, 0.05) is 18.0 Å². The summed E-state index contributed by atoms with van der Waals surface area (Å²) in [5.74, 6) is -1.24. The summed E-state index contributed by atoms with van der Waals surface area (Å²) in [6.45, 7) is 2.54. The number of thiazole rings is 1. The quantitative estimate of drug-likeness (QED) is 0.860. The van der Waals surface area contributed by atoms with Gasteiger partial charge >= 0.3 is 5.97 Å². The molecule has 0 amide bonds. The van der Waals surface area contributed by atoms with Crippen LogP contribution in [-0.4, -0.2) is 22.1 Å². The number of hydrogen-bond donors (Lipinski definition) is 2. The first-order valence-corrected chi connectivity index (χ1v) is 7.08. The third-order valence-electron chi connectivity index (χ3n) is 2.82. The van der Waals surface area contributed by atoms with Crippen molar-refractivity contribution in [3.63, 3.8) is 0 Å². The molecule has 0 radical (unpaired) electrons. The van der Waals surface area contributed by atoms with Crippen LogP contribution in [0.5, 0.6) is 0 Å². The van der Waals surface area contributed by atoms with Crippen LogP contribution >= 0.6 is 11.3 Å². The molecule has 0 aliphatic heterocycles. The number of nitrogens with one attached hydrogen (secondary N) is 1. The third kappa shape index (κ3) is 4.11. The molecule has 0 spiro atoms. The van der Waals surface area contributed by atoms with Crippen LogP contribution in [-0.2, 0) is 13.0 Å². The molecule has 0 aliphatic carbocycles. The van der Waals surface area contributed by atoms with E-state index in [0.29, 0.717) is 6.54 Å². The van der Waals surface area contributed by atoms with Crippen LogP contribution in [0.1, 0.15) is 28.0 Å². The first kappa shape index (κ1) is 14.6. The summed E-state index contributed by atoms with van der Waals surface area (Å²) >= 11 is 1.12. The van der Waals surface area contributed by atoms with Crippen LogP contribution < -0.4 is 5.32 Å². The van der Waals surface area contributed by atoms with Crippen molar-refractivity contribution in [3.8, 4) is 0 Å². The van der Waals surface area contributed by atoms with Crippen molar-refractivity contribution >= 4 is 17.3 Å². The lowest BCUT2D eigenvalue weighted by Gasteiger charge is -2.12. The Kier molecular flexibility index (Phi) is 4.81. The summed E-state index contributed by atoms with van der Waals surface area (Å²) in [7, 11) is 0. The van der Waals surface area contributed by atoms with E-state index in [4.69, 9.17) is 5.11 Å². The number of carboxylic acid groups (broad SMARTS) is 1. The molecule has 1 aromatic heterocycles. The summed E-state index contributed by atoms with van der Waals surface area (Å²) < 4.78 is 12.8. The fraction of sp³-hybridized carbons (Fsp3) is 0.286. The molecule has 1 aromatic carbocycles. The van der Waals surface area contributed by atoms with E-state index in [1.54, 1.807) is 17.5 Å². The summed E-state index contributed by atoms with van der Waals surface area (Å²) in [6.07, 6.45) is 0.774. The fourth-order valence-corrected chi connectivity index (χ4v) is 2.47. The van der Waals surface area contributed by atoms with E-state index < -0.39 is 5.97 Å². The largest absolute Gasteiger partial charge is 0.476 e. The zero-order valence-electron chi connectivity index (χ0n) is 11.0. The van der Waals surface area contributed by atoms with Gasteiger partial charge in [0.1, 0.15) is 5.82 Å². The molecule has 2 N–H and O–H groups in total. The van der Waals surface area contributed by atoms with Gasteiger partial charge in [0.05, 0.1) is 5.69 Å². The number of carbonyl (C=O) groups is 1. The van der Waals surface area contributed by atoms with Gasteiger partial charge < -0.3 is 10.4 Å². The smallest absolute Gasteiger partial charge is 0.365 e. The van der Waals surface area contributed by atoms with E-state index in [9.17, 15) is 9.18 Å². The average Bonchev–Trinajstić information content (AvgIpc) is 2.88. The second-order valence-corrected chi connectivity index (χ2v) is 5.42. The van der Waals surface area contributed by atoms with Crippen LogP contribution in [0.25, 0.3) is 0 Å². The molecule has 106 valence electrons. The lowest BCUT2D eigenvalue weighted by Crippen LogP contribution is -2.27. The predicted molar refractivity (Wildman–Crippen MR) is 75.5 cm³/mol. The fourth-order valence-electron chi connectivity index (χ4n) is 1.81. The number of carboxylic acids is 1. The van der Waals surface area contributed by atoms with E-state index in [-0.39, 0.29) is 16.9 Å². The van der Waals surface area contributed by atoms with Crippen LogP contribution in [0.4, 0.5) is 4.39 Å². The molecule has 1 unspecified atom stereocenters. The van der Waals surface area contributed by atoms with Crippen molar-refractivity contribution in [2.45, 2.75) is 25.9 Å². The van der Waals surface area contributed by atoms with E-state index in [2.05, 4.69) is 10.3 Å². The Morgan fingerprint density at radius 2 is 2.15 bits per heavy atom. The molecule has 0 fully saturated rings. The minimum absolute atomic E-state index is 0.105. The van der Waals surface area contributed by atoms with Gasteiger partial charge in [-0.3, -0.25) is 0 Å². The maximum atomic E-state index is 12.8. The Hall–Kier alpha value is -1.79. The monoisotopic (exact) mass is 294 g/mol. The zero-order valence-corrected chi connectivity index (χ0v) is 11.8. The Morgan fingerprint density at radius 1 is 1.45 bits per heavy atom. The highest BCUT2D eigenvalue weighted by molar-refractivity contribution is 7.11. The minimum Gasteiger partial charge on any atom is -0.476 e. The van der Waals surface area contributed by atoms with Crippen molar-refractivity contribution in [1.29, 1.82) is 0 Å². The second-order valence-electron chi connectivity index (χ2n) is 4.56. The molecule has 1 heterocycles. The predicted octanol–water partition coefficient (Wildman–Crippen LogP) is 2.70. The van der Waals surface area contributed by atoms with Crippen molar-refractivity contribution in [1.82, 2.24) is 10.3 Å². The van der Waals surface area contributed by atoms with Crippen LogP contribution in [0.15, 0.2) is 29.6 Å². The van der Waals surface area contributed by atoms with Gasteiger partial charge in [-0.1, -0.05) is 12.1 Å². The first-order chi connectivity index (χ1) is 9.54. The second kappa shape index (κ2) is 6.58. The van der Waals surface area contributed by atoms with Gasteiger partial charge in [-0.15, -0.1) is 11.3 Å². The highest BCUT2D eigenvalue weighted by Gasteiger charge is 2.10. The Morgan fingerprint density at radius 3 is 2.75 bits per heavy atom. The standard InChI is InChI=1S/C14H15FN2O2S/c1-9(6-10-2-4-11(15)5-3-10)16-7-12-8-20-13(17-12)14(18)19/h2-5,8-9,16H,6-7H2,1H3,(H,18,19). The molecule has 0 bridgehead atoms. The summed E-state index contributed by atoms with van der Waals surface area (Å²) in [6, 6.07) is 6.61. The van der Waals surface area contributed by atoms with Gasteiger partial charge in [-0.2, -0.15) is 0 Å². The van der Waals surface area contributed by atoms with Gasteiger partial charge in [-0.05, 0) is 31.0 Å². The molecule has 1 atom stereocenters. The van der Waals surface area contributed by atoms with E-state index in [0.717, 1.165) is 29.0 Å². The number of halogens is 1.